The Morgan fingerprint density at radius 2 is 1.97 bits per heavy atom. The largest absolute Gasteiger partial charge is 0.477 e. The zero-order valence-electron chi connectivity index (χ0n) is 16.4. The summed E-state index contributed by atoms with van der Waals surface area (Å²) in [4.78, 5) is 21.3. The third-order valence-electron chi connectivity index (χ3n) is 4.22. The second-order valence-corrected chi connectivity index (χ2v) is 8.95. The summed E-state index contributed by atoms with van der Waals surface area (Å²) in [5.41, 5.74) is 0.915. The molecule has 10 heteroatoms. The van der Waals surface area contributed by atoms with Crippen molar-refractivity contribution in [3.63, 3.8) is 0 Å². The van der Waals surface area contributed by atoms with Gasteiger partial charge in [0.15, 0.2) is 5.13 Å². The van der Waals surface area contributed by atoms with Gasteiger partial charge in [0.2, 0.25) is 15.9 Å². The van der Waals surface area contributed by atoms with E-state index in [2.05, 4.69) is 15.3 Å². The number of pyridine rings is 1. The number of hydrogen-bond donors (Lipinski definition) is 1. The summed E-state index contributed by atoms with van der Waals surface area (Å²) in [6, 6.07) is 8.05. The molecule has 2 aromatic heterocycles. The molecule has 8 nitrogen and oxygen atoms in total. The molecule has 3 aromatic rings. The van der Waals surface area contributed by atoms with Crippen molar-refractivity contribution in [3.8, 4) is 5.88 Å². The Labute approximate surface area is 173 Å². The summed E-state index contributed by atoms with van der Waals surface area (Å²) in [6.07, 6.45) is 1.55. The van der Waals surface area contributed by atoms with Crippen LogP contribution in [0.15, 0.2) is 41.4 Å². The molecule has 0 aliphatic rings. The molecule has 0 spiro atoms. The number of amides is 1. The normalized spacial score (nSPS) is 11.7. The molecule has 3 rings (SSSR count). The van der Waals surface area contributed by atoms with E-state index >= 15 is 0 Å². The summed E-state index contributed by atoms with van der Waals surface area (Å²) < 4.78 is 32.9. The number of nitrogens with one attached hydrogen (secondary N) is 1. The zero-order valence-corrected chi connectivity index (χ0v) is 18.0. The molecule has 2 heterocycles. The molecule has 1 amide bonds. The average molecular weight is 435 g/mol. The van der Waals surface area contributed by atoms with Crippen molar-refractivity contribution in [3.05, 3.63) is 42.1 Å². The Morgan fingerprint density at radius 1 is 1.21 bits per heavy atom. The monoisotopic (exact) mass is 434 g/mol. The first kappa shape index (κ1) is 21.2. The van der Waals surface area contributed by atoms with Crippen molar-refractivity contribution < 1.29 is 17.9 Å². The van der Waals surface area contributed by atoms with Crippen LogP contribution in [0.25, 0.3) is 10.2 Å². The molecule has 0 saturated carbocycles. The maximum atomic E-state index is 12.7. The smallest absolute Gasteiger partial charge is 0.262 e. The van der Waals surface area contributed by atoms with E-state index in [1.165, 1.54) is 21.7 Å². The lowest BCUT2D eigenvalue weighted by molar-refractivity contribution is 0.102. The minimum atomic E-state index is -3.56. The number of fused-ring (bicyclic) bond motifs is 1. The molecule has 0 aliphatic carbocycles. The number of carbonyl (C=O) groups is 1. The average Bonchev–Trinajstić information content (AvgIpc) is 3.10. The number of hydrogen-bond acceptors (Lipinski definition) is 7. The molecule has 0 aliphatic heterocycles. The van der Waals surface area contributed by atoms with E-state index in [0.29, 0.717) is 40.6 Å². The molecule has 1 aromatic carbocycles. The molecule has 0 bridgehead atoms. The third-order valence-corrected chi connectivity index (χ3v) is 7.20. The van der Waals surface area contributed by atoms with Crippen LogP contribution in [0.4, 0.5) is 5.13 Å². The summed E-state index contributed by atoms with van der Waals surface area (Å²) in [5.74, 6) is -0.141. The van der Waals surface area contributed by atoms with E-state index in [1.807, 2.05) is 6.92 Å². The maximum Gasteiger partial charge on any atom is 0.262 e. The Hall–Kier alpha value is -2.56. The van der Waals surface area contributed by atoms with E-state index in [9.17, 15) is 13.2 Å². The number of ether oxygens (including phenoxy) is 1. The van der Waals surface area contributed by atoms with Gasteiger partial charge in [-0.1, -0.05) is 25.2 Å². The van der Waals surface area contributed by atoms with Crippen molar-refractivity contribution in [2.45, 2.75) is 25.7 Å². The van der Waals surface area contributed by atoms with Crippen LogP contribution in [0.1, 0.15) is 31.1 Å². The molecular formula is C19H22N4O4S2. The minimum Gasteiger partial charge on any atom is -0.477 e. The first-order valence-corrected chi connectivity index (χ1v) is 11.5. The molecule has 0 atom stereocenters. The molecule has 0 saturated heterocycles. The van der Waals surface area contributed by atoms with E-state index in [-0.39, 0.29) is 10.8 Å². The lowest BCUT2D eigenvalue weighted by atomic mass is 10.2. The van der Waals surface area contributed by atoms with Crippen molar-refractivity contribution in [1.82, 2.24) is 14.3 Å². The predicted octanol–water partition coefficient (Wildman–Crippen LogP) is 3.37. The number of thiazole rings is 1. The maximum absolute atomic E-state index is 12.7. The fourth-order valence-electron chi connectivity index (χ4n) is 2.81. The summed E-state index contributed by atoms with van der Waals surface area (Å²) in [7, 11) is -3.56. The van der Waals surface area contributed by atoms with Gasteiger partial charge in [0.25, 0.3) is 5.91 Å². The van der Waals surface area contributed by atoms with Crippen LogP contribution in [-0.2, 0) is 10.0 Å². The van der Waals surface area contributed by atoms with Gasteiger partial charge in [0.1, 0.15) is 5.56 Å². The first-order chi connectivity index (χ1) is 13.9. The van der Waals surface area contributed by atoms with Gasteiger partial charge in [-0.05, 0) is 37.3 Å². The molecule has 29 heavy (non-hydrogen) atoms. The highest BCUT2D eigenvalue weighted by atomic mass is 32.2. The van der Waals surface area contributed by atoms with Gasteiger partial charge in [-0.15, -0.1) is 0 Å². The highest BCUT2D eigenvalue weighted by Crippen LogP contribution is 2.30. The fraction of sp³-hybridized carbons (Fsp3) is 0.316. The first-order valence-electron chi connectivity index (χ1n) is 9.20. The number of benzene rings is 1. The number of nitrogens with zero attached hydrogens (tertiary/aromatic N) is 3. The molecule has 0 fully saturated rings. The number of carbonyl (C=O) groups excluding carboxylic acids is 1. The second-order valence-electron chi connectivity index (χ2n) is 5.98. The zero-order chi connectivity index (χ0) is 21.0. The van der Waals surface area contributed by atoms with Crippen LogP contribution in [0, 0.1) is 0 Å². The van der Waals surface area contributed by atoms with Gasteiger partial charge >= 0.3 is 0 Å². The van der Waals surface area contributed by atoms with Gasteiger partial charge in [-0.25, -0.2) is 18.4 Å². The summed E-state index contributed by atoms with van der Waals surface area (Å²) in [5, 5.41) is 3.11. The molecule has 0 unspecified atom stereocenters. The van der Waals surface area contributed by atoms with Crippen LogP contribution in [0.5, 0.6) is 5.88 Å². The number of sulfonamides is 1. The van der Waals surface area contributed by atoms with Crippen LogP contribution in [0.3, 0.4) is 0 Å². The van der Waals surface area contributed by atoms with Crippen LogP contribution < -0.4 is 10.1 Å². The van der Waals surface area contributed by atoms with E-state index < -0.39 is 15.9 Å². The Bertz CT molecular complexity index is 1120. The lowest BCUT2D eigenvalue weighted by Gasteiger charge is -2.18. The topological polar surface area (TPSA) is 101 Å². The van der Waals surface area contributed by atoms with Crippen LogP contribution in [0.2, 0.25) is 0 Å². The quantitative estimate of drug-likeness (QED) is 0.583. The van der Waals surface area contributed by atoms with Crippen molar-refractivity contribution in [2.75, 3.05) is 25.0 Å². The standard InChI is InChI=1S/C19H22N4O4S2/c1-4-23(5-2)29(25,26)13-9-10-15-16(12-13)28-19(21-15)22-17(24)14-8-7-11-20-18(14)27-6-3/h7-12H,4-6H2,1-3H3,(H,21,22,24). The number of anilines is 1. The second kappa shape index (κ2) is 8.85. The van der Waals surface area contributed by atoms with E-state index in [0.717, 1.165) is 0 Å². The summed E-state index contributed by atoms with van der Waals surface area (Å²) in [6.45, 7) is 6.60. The Balaban J connectivity index is 1.88. The van der Waals surface area contributed by atoms with E-state index in [1.54, 1.807) is 44.3 Å². The van der Waals surface area contributed by atoms with Gasteiger partial charge in [0, 0.05) is 19.3 Å². The Kier molecular flexibility index (Phi) is 6.46. The van der Waals surface area contributed by atoms with Gasteiger partial charge in [-0.2, -0.15) is 4.31 Å². The predicted molar refractivity (Wildman–Crippen MR) is 113 cm³/mol. The number of rotatable bonds is 8. The summed E-state index contributed by atoms with van der Waals surface area (Å²) >= 11 is 1.21. The van der Waals surface area contributed by atoms with Crippen LogP contribution >= 0.6 is 11.3 Å². The minimum absolute atomic E-state index is 0.209. The Morgan fingerprint density at radius 3 is 2.66 bits per heavy atom. The molecule has 0 radical (unpaired) electrons. The van der Waals surface area contributed by atoms with Crippen molar-refractivity contribution >= 4 is 42.6 Å². The van der Waals surface area contributed by atoms with Crippen molar-refractivity contribution in [2.24, 2.45) is 0 Å². The third kappa shape index (κ3) is 4.39. The van der Waals surface area contributed by atoms with Gasteiger partial charge < -0.3 is 4.74 Å². The van der Waals surface area contributed by atoms with Gasteiger partial charge in [0.05, 0.1) is 21.7 Å². The van der Waals surface area contributed by atoms with Crippen LogP contribution in [-0.4, -0.2) is 48.3 Å². The van der Waals surface area contributed by atoms with Crippen molar-refractivity contribution in [1.29, 1.82) is 0 Å². The lowest BCUT2D eigenvalue weighted by Crippen LogP contribution is -2.30. The highest BCUT2D eigenvalue weighted by molar-refractivity contribution is 7.89. The SMILES string of the molecule is CCOc1ncccc1C(=O)Nc1nc2ccc(S(=O)(=O)N(CC)CC)cc2s1. The fourth-order valence-corrected chi connectivity index (χ4v) is 5.27. The van der Waals surface area contributed by atoms with Gasteiger partial charge in [-0.3, -0.25) is 10.1 Å². The highest BCUT2D eigenvalue weighted by Gasteiger charge is 2.22. The molecule has 154 valence electrons. The number of aromatic nitrogens is 2. The molecule has 1 N–H and O–H groups in total. The van der Waals surface area contributed by atoms with E-state index in [4.69, 9.17) is 4.74 Å². The molecular weight excluding hydrogens is 412 g/mol.